The molecule has 0 spiro atoms. The highest BCUT2D eigenvalue weighted by molar-refractivity contribution is 7.99. The number of amides is 1. The summed E-state index contributed by atoms with van der Waals surface area (Å²) < 4.78 is 5.14. The molecule has 3 heterocycles. The number of aromatic nitrogens is 4. The molecule has 0 aliphatic rings. The highest BCUT2D eigenvalue weighted by Crippen LogP contribution is 2.21. The Morgan fingerprint density at radius 3 is 3.08 bits per heavy atom. The predicted octanol–water partition coefficient (Wildman–Crippen LogP) is 3.67. The summed E-state index contributed by atoms with van der Waals surface area (Å²) in [6.45, 7) is 2.15. The second kappa shape index (κ2) is 8.41. The maximum atomic E-state index is 12.3. The number of thioether (sulfide) groups is 1. The molecule has 0 unspecified atom stereocenters. The van der Waals surface area contributed by atoms with Crippen molar-refractivity contribution in [1.82, 2.24) is 25.4 Å². The van der Waals surface area contributed by atoms with E-state index in [1.165, 1.54) is 29.3 Å². The van der Waals surface area contributed by atoms with E-state index in [1.807, 2.05) is 17.5 Å². The molecule has 0 saturated heterocycles. The van der Waals surface area contributed by atoms with Gasteiger partial charge < -0.3 is 9.84 Å². The van der Waals surface area contributed by atoms with Crippen LogP contribution in [0.15, 0.2) is 33.4 Å². The minimum absolute atomic E-state index is 0.0922. The zero-order chi connectivity index (χ0) is 17.6. The number of nitrogens with one attached hydrogen (secondary N) is 1. The van der Waals surface area contributed by atoms with E-state index in [9.17, 15) is 4.79 Å². The first-order valence-corrected chi connectivity index (χ1v) is 9.71. The Balaban J connectivity index is 1.64. The van der Waals surface area contributed by atoms with E-state index in [0.717, 1.165) is 17.1 Å². The summed E-state index contributed by atoms with van der Waals surface area (Å²) in [7, 11) is 0. The molecule has 0 bridgehead atoms. The minimum Gasteiger partial charge on any atom is -0.342 e. The fourth-order valence-corrected chi connectivity index (χ4v) is 3.34. The molecule has 0 saturated carbocycles. The summed E-state index contributed by atoms with van der Waals surface area (Å²) in [5.74, 6) is 1.26. The Hall–Kier alpha value is -1.97. The van der Waals surface area contributed by atoms with Gasteiger partial charge >= 0.3 is 0 Å². The molecule has 10 heteroatoms. The molecule has 25 heavy (non-hydrogen) atoms. The van der Waals surface area contributed by atoms with Crippen molar-refractivity contribution < 1.29 is 9.32 Å². The number of rotatable bonds is 7. The molecule has 0 aromatic carbocycles. The molecule has 1 amide bonds. The average Bonchev–Trinajstić information content (AvgIpc) is 3.30. The Morgan fingerprint density at radius 2 is 2.32 bits per heavy atom. The largest absolute Gasteiger partial charge is 0.342 e. The molecule has 7 nitrogen and oxygen atoms in total. The average molecular weight is 396 g/mol. The summed E-state index contributed by atoms with van der Waals surface area (Å²) in [4.78, 5) is 25.8. The molecule has 1 N–H and O–H groups in total. The van der Waals surface area contributed by atoms with Crippen LogP contribution in [-0.4, -0.2) is 31.8 Å². The molecule has 0 aliphatic carbocycles. The first-order chi connectivity index (χ1) is 12.2. The molecule has 3 rings (SSSR count). The van der Waals surface area contributed by atoms with Gasteiger partial charge in [-0.15, -0.1) is 11.3 Å². The fraction of sp³-hybridized carbons (Fsp3) is 0.267. The van der Waals surface area contributed by atoms with Crippen LogP contribution in [0.2, 0.25) is 5.02 Å². The third kappa shape index (κ3) is 4.56. The Morgan fingerprint density at radius 1 is 1.44 bits per heavy atom. The van der Waals surface area contributed by atoms with Gasteiger partial charge in [-0.2, -0.15) is 4.98 Å². The second-order valence-corrected chi connectivity index (χ2v) is 7.29. The smallest absolute Gasteiger partial charge is 0.272 e. The summed E-state index contributed by atoms with van der Waals surface area (Å²) in [6.07, 6.45) is 2.42. The Bertz CT molecular complexity index is 853. The van der Waals surface area contributed by atoms with Crippen LogP contribution in [0, 0.1) is 0 Å². The molecule has 0 atom stereocenters. The molecular weight excluding hydrogens is 382 g/mol. The highest BCUT2D eigenvalue weighted by atomic mass is 35.5. The van der Waals surface area contributed by atoms with Crippen LogP contribution in [0.25, 0.3) is 10.7 Å². The van der Waals surface area contributed by atoms with Gasteiger partial charge in [0.1, 0.15) is 0 Å². The number of halogens is 1. The van der Waals surface area contributed by atoms with Crippen molar-refractivity contribution in [2.45, 2.75) is 25.0 Å². The first kappa shape index (κ1) is 17.8. The highest BCUT2D eigenvalue weighted by Gasteiger charge is 2.16. The standard InChI is InChI=1S/C15H14ClN5O2S2/c1-2-5-25-15-18-7-9(16)12(20-15)14(22)17-8-11-19-13(21-23-11)10-4-3-6-24-10/h3-4,6-7H,2,5,8H2,1H3,(H,17,22). The lowest BCUT2D eigenvalue weighted by Crippen LogP contribution is -2.24. The van der Waals surface area contributed by atoms with Gasteiger partial charge in [0.15, 0.2) is 10.9 Å². The topological polar surface area (TPSA) is 93.8 Å². The van der Waals surface area contributed by atoms with E-state index < -0.39 is 5.91 Å². The van der Waals surface area contributed by atoms with Gasteiger partial charge in [-0.1, -0.05) is 41.5 Å². The van der Waals surface area contributed by atoms with Crippen molar-refractivity contribution in [1.29, 1.82) is 0 Å². The molecule has 0 aliphatic heterocycles. The Kier molecular flexibility index (Phi) is 6.00. The Labute approximate surface area is 157 Å². The molecular formula is C15H14ClN5O2S2. The van der Waals surface area contributed by atoms with Crippen LogP contribution in [-0.2, 0) is 6.54 Å². The number of hydrogen-bond donors (Lipinski definition) is 1. The first-order valence-electron chi connectivity index (χ1n) is 7.47. The van der Waals surface area contributed by atoms with E-state index in [-0.39, 0.29) is 17.3 Å². The van der Waals surface area contributed by atoms with E-state index in [2.05, 4.69) is 32.3 Å². The van der Waals surface area contributed by atoms with Crippen LogP contribution < -0.4 is 5.32 Å². The van der Waals surface area contributed by atoms with Crippen molar-refractivity contribution in [2.75, 3.05) is 5.75 Å². The maximum absolute atomic E-state index is 12.3. The second-order valence-electron chi connectivity index (χ2n) is 4.87. The number of hydrogen-bond acceptors (Lipinski definition) is 8. The van der Waals surface area contributed by atoms with Crippen molar-refractivity contribution in [3.05, 3.63) is 40.3 Å². The van der Waals surface area contributed by atoms with Gasteiger partial charge in [0.2, 0.25) is 11.7 Å². The third-order valence-corrected chi connectivity index (χ3v) is 5.19. The number of carbonyl (C=O) groups is 1. The third-order valence-electron chi connectivity index (χ3n) is 2.98. The van der Waals surface area contributed by atoms with Gasteiger partial charge in [0, 0.05) is 5.75 Å². The van der Waals surface area contributed by atoms with Crippen molar-refractivity contribution >= 4 is 40.6 Å². The normalized spacial score (nSPS) is 10.8. The van der Waals surface area contributed by atoms with Gasteiger partial charge in [0.05, 0.1) is 22.6 Å². The molecule has 3 aromatic heterocycles. The van der Waals surface area contributed by atoms with Crippen LogP contribution in [0.5, 0.6) is 0 Å². The van der Waals surface area contributed by atoms with Crippen LogP contribution in [0.3, 0.4) is 0 Å². The summed E-state index contributed by atoms with van der Waals surface area (Å²) in [6, 6.07) is 3.80. The zero-order valence-corrected chi connectivity index (χ0v) is 15.6. The van der Waals surface area contributed by atoms with E-state index in [0.29, 0.717) is 16.9 Å². The van der Waals surface area contributed by atoms with E-state index in [1.54, 1.807) is 0 Å². The monoisotopic (exact) mass is 395 g/mol. The van der Waals surface area contributed by atoms with Gasteiger partial charge in [-0.05, 0) is 17.9 Å². The van der Waals surface area contributed by atoms with Crippen LogP contribution >= 0.6 is 34.7 Å². The minimum atomic E-state index is -0.415. The zero-order valence-electron chi connectivity index (χ0n) is 13.2. The van der Waals surface area contributed by atoms with Crippen molar-refractivity contribution in [3.63, 3.8) is 0 Å². The van der Waals surface area contributed by atoms with E-state index >= 15 is 0 Å². The van der Waals surface area contributed by atoms with Crippen molar-refractivity contribution in [3.8, 4) is 10.7 Å². The fourth-order valence-electron chi connectivity index (χ4n) is 1.85. The van der Waals surface area contributed by atoms with Crippen LogP contribution in [0.4, 0.5) is 0 Å². The predicted molar refractivity (Wildman–Crippen MR) is 96.8 cm³/mol. The number of thiophene rings is 1. The molecule has 3 aromatic rings. The lowest BCUT2D eigenvalue weighted by molar-refractivity contribution is 0.0940. The molecule has 0 radical (unpaired) electrons. The summed E-state index contributed by atoms with van der Waals surface area (Å²) >= 11 is 9.02. The quantitative estimate of drug-likeness (QED) is 0.481. The van der Waals surface area contributed by atoms with Gasteiger partial charge in [-0.3, -0.25) is 4.79 Å². The lowest BCUT2D eigenvalue weighted by atomic mass is 10.4. The summed E-state index contributed by atoms with van der Waals surface area (Å²) in [5.41, 5.74) is 0.133. The lowest BCUT2D eigenvalue weighted by Gasteiger charge is -2.05. The SMILES string of the molecule is CCCSc1ncc(Cl)c(C(=O)NCc2nc(-c3cccs3)no2)n1. The van der Waals surface area contributed by atoms with Crippen LogP contribution in [0.1, 0.15) is 29.7 Å². The summed E-state index contributed by atoms with van der Waals surface area (Å²) in [5, 5.41) is 9.22. The van der Waals surface area contributed by atoms with E-state index in [4.69, 9.17) is 16.1 Å². The van der Waals surface area contributed by atoms with Crippen molar-refractivity contribution in [2.24, 2.45) is 0 Å². The molecule has 0 fully saturated rings. The molecule has 130 valence electrons. The number of nitrogens with zero attached hydrogens (tertiary/aromatic N) is 4. The maximum Gasteiger partial charge on any atom is 0.272 e. The number of carbonyl (C=O) groups excluding carboxylic acids is 1. The van der Waals surface area contributed by atoms with Gasteiger partial charge in [-0.25, -0.2) is 9.97 Å². The van der Waals surface area contributed by atoms with Gasteiger partial charge in [0.25, 0.3) is 5.91 Å².